The first-order valence-electron chi connectivity index (χ1n) is 3.95. The van der Waals surface area contributed by atoms with E-state index >= 15 is 0 Å². The number of carbonyl (C=O) groups excluding carboxylic acids is 1. The van der Waals surface area contributed by atoms with Crippen LogP contribution in [0.3, 0.4) is 0 Å². The average molecular weight is 230 g/mol. The molecule has 0 saturated carbocycles. The minimum atomic E-state index is -0.776. The molecule has 0 aromatic heterocycles. The van der Waals surface area contributed by atoms with Gasteiger partial charge in [0.15, 0.2) is 0 Å². The number of nitrogens with two attached hydrogens (primary N) is 1. The molecule has 0 aliphatic rings. The third-order valence-corrected chi connectivity index (χ3v) is 1.88. The highest BCUT2D eigenvalue weighted by Gasteiger charge is 2.09. The van der Waals surface area contributed by atoms with Crippen molar-refractivity contribution in [1.29, 1.82) is 0 Å². The summed E-state index contributed by atoms with van der Waals surface area (Å²) in [5.41, 5.74) is 6.20. The van der Waals surface area contributed by atoms with Crippen LogP contribution in [-0.2, 0) is 4.79 Å². The second-order valence-corrected chi connectivity index (χ2v) is 3.18. The van der Waals surface area contributed by atoms with Crippen molar-refractivity contribution in [3.63, 3.8) is 0 Å². The van der Waals surface area contributed by atoms with Crippen LogP contribution >= 0.6 is 11.6 Å². The van der Waals surface area contributed by atoms with Gasteiger partial charge in [-0.2, -0.15) is 0 Å². The van der Waals surface area contributed by atoms with Gasteiger partial charge in [-0.05, 0) is 18.2 Å². The third kappa shape index (κ3) is 3.43. The van der Waals surface area contributed by atoms with E-state index in [2.05, 4.69) is 5.32 Å². The van der Waals surface area contributed by atoms with Gasteiger partial charge in [-0.15, -0.1) is 0 Å². The number of amides is 1. The molecule has 0 radical (unpaired) electrons. The van der Waals surface area contributed by atoms with Gasteiger partial charge >= 0.3 is 0 Å². The van der Waals surface area contributed by atoms with Crippen molar-refractivity contribution >= 4 is 28.9 Å². The zero-order valence-corrected chi connectivity index (χ0v) is 8.32. The van der Waals surface area contributed by atoms with Crippen LogP contribution in [0, 0.1) is 10.1 Å². The van der Waals surface area contributed by atoms with Crippen molar-refractivity contribution < 1.29 is 9.72 Å². The first-order chi connectivity index (χ1) is 6.99. The van der Waals surface area contributed by atoms with E-state index in [1.54, 1.807) is 0 Å². The highest BCUT2D eigenvalue weighted by atomic mass is 35.5. The van der Waals surface area contributed by atoms with E-state index in [1.807, 2.05) is 0 Å². The Balaban J connectivity index is 2.69. The minimum Gasteiger partial charge on any atom is -0.398 e. The monoisotopic (exact) mass is 229 g/mol. The maximum Gasteiger partial charge on any atom is 0.296 e. The molecule has 0 saturated heterocycles. The number of nitrogens with zero attached hydrogens (tertiary/aromatic N) is 1. The lowest BCUT2D eigenvalue weighted by Gasteiger charge is -2.04. The van der Waals surface area contributed by atoms with Gasteiger partial charge in [-0.25, -0.2) is 0 Å². The molecule has 0 unspecified atom stereocenters. The topological polar surface area (TPSA) is 98.3 Å². The summed E-state index contributed by atoms with van der Waals surface area (Å²) in [5, 5.41) is 12.6. The van der Waals surface area contributed by atoms with Gasteiger partial charge in [0, 0.05) is 10.6 Å². The molecule has 80 valence electrons. The fraction of sp³-hybridized carbons (Fsp3) is 0.125. The number of anilines is 2. The molecule has 0 aliphatic carbocycles. The molecule has 3 N–H and O–H groups in total. The Morgan fingerprint density at radius 2 is 2.27 bits per heavy atom. The van der Waals surface area contributed by atoms with E-state index in [-0.39, 0.29) is 5.02 Å². The molecule has 0 bridgehead atoms. The van der Waals surface area contributed by atoms with Crippen LogP contribution in [0.2, 0.25) is 5.02 Å². The number of nitrogen functional groups attached to an aromatic ring is 1. The van der Waals surface area contributed by atoms with Crippen LogP contribution in [0.15, 0.2) is 18.2 Å². The summed E-state index contributed by atoms with van der Waals surface area (Å²) in [5.74, 6) is -0.708. The van der Waals surface area contributed by atoms with Crippen LogP contribution in [0.4, 0.5) is 11.4 Å². The van der Waals surface area contributed by atoms with Gasteiger partial charge in [-0.1, -0.05) is 11.6 Å². The number of hydrogen-bond donors (Lipinski definition) is 2. The molecule has 15 heavy (non-hydrogen) atoms. The van der Waals surface area contributed by atoms with Gasteiger partial charge in [0.05, 0.1) is 10.7 Å². The first-order valence-corrected chi connectivity index (χ1v) is 4.33. The van der Waals surface area contributed by atoms with Gasteiger partial charge in [0.25, 0.3) is 12.5 Å². The lowest BCUT2D eigenvalue weighted by molar-refractivity contribution is -0.467. The van der Waals surface area contributed by atoms with E-state index in [4.69, 9.17) is 17.3 Å². The molecule has 1 aromatic rings. The number of rotatable bonds is 3. The molecule has 6 nitrogen and oxygen atoms in total. The van der Waals surface area contributed by atoms with Crippen LogP contribution in [0.25, 0.3) is 0 Å². The Hall–Kier alpha value is -1.82. The van der Waals surface area contributed by atoms with Crippen LogP contribution in [0.1, 0.15) is 0 Å². The number of nitro groups is 1. The fourth-order valence-electron chi connectivity index (χ4n) is 0.923. The quantitative estimate of drug-likeness (QED) is 0.461. The van der Waals surface area contributed by atoms with Crippen molar-refractivity contribution in [3.8, 4) is 0 Å². The second-order valence-electron chi connectivity index (χ2n) is 2.78. The molecule has 0 heterocycles. The predicted octanol–water partition coefficient (Wildman–Crippen LogP) is 1.14. The number of hydrogen-bond acceptors (Lipinski definition) is 4. The SMILES string of the molecule is Nc1ccc(NC(=O)C[N+](=O)[O-])cc1Cl. The zero-order valence-electron chi connectivity index (χ0n) is 7.57. The molecular weight excluding hydrogens is 222 g/mol. The fourth-order valence-corrected chi connectivity index (χ4v) is 1.10. The summed E-state index contributed by atoms with van der Waals surface area (Å²) >= 11 is 5.69. The second kappa shape index (κ2) is 4.61. The lowest BCUT2D eigenvalue weighted by Crippen LogP contribution is -2.21. The Morgan fingerprint density at radius 3 is 2.80 bits per heavy atom. The van der Waals surface area contributed by atoms with Crippen molar-refractivity contribution in [2.45, 2.75) is 0 Å². The minimum absolute atomic E-state index is 0.286. The summed E-state index contributed by atoms with van der Waals surface area (Å²) < 4.78 is 0. The lowest BCUT2D eigenvalue weighted by atomic mass is 10.3. The highest BCUT2D eigenvalue weighted by Crippen LogP contribution is 2.22. The third-order valence-electron chi connectivity index (χ3n) is 1.56. The number of carbonyl (C=O) groups is 1. The van der Waals surface area contributed by atoms with Crippen molar-refractivity contribution in [3.05, 3.63) is 33.3 Å². The van der Waals surface area contributed by atoms with E-state index in [9.17, 15) is 14.9 Å². The Bertz CT molecular complexity index is 408. The Labute approximate surface area is 90.2 Å². The maximum atomic E-state index is 11.0. The van der Waals surface area contributed by atoms with Gasteiger partial charge in [0.2, 0.25) is 0 Å². The molecule has 0 fully saturated rings. The first kappa shape index (κ1) is 11.3. The van der Waals surface area contributed by atoms with Crippen LogP contribution < -0.4 is 11.1 Å². The van der Waals surface area contributed by atoms with Crippen molar-refractivity contribution in [2.24, 2.45) is 0 Å². The molecule has 7 heteroatoms. The molecule has 0 aliphatic heterocycles. The number of nitrogens with one attached hydrogen (secondary N) is 1. The van der Waals surface area contributed by atoms with Gasteiger partial charge in [0.1, 0.15) is 0 Å². The van der Waals surface area contributed by atoms with Gasteiger partial charge < -0.3 is 11.1 Å². The van der Waals surface area contributed by atoms with Crippen LogP contribution in [0.5, 0.6) is 0 Å². The smallest absolute Gasteiger partial charge is 0.296 e. The van der Waals surface area contributed by atoms with Crippen molar-refractivity contribution in [1.82, 2.24) is 0 Å². The van der Waals surface area contributed by atoms with E-state index in [0.717, 1.165) is 0 Å². The summed E-state index contributed by atoms with van der Waals surface area (Å²) in [6.45, 7) is -0.776. The molecule has 1 rings (SSSR count). The molecular formula is C8H8ClN3O3. The average Bonchev–Trinajstić information content (AvgIpc) is 2.10. The maximum absolute atomic E-state index is 11.0. The summed E-state index contributed by atoms with van der Waals surface area (Å²) in [4.78, 5) is 20.3. The summed E-state index contributed by atoms with van der Waals surface area (Å²) in [6.07, 6.45) is 0. The standard InChI is InChI=1S/C8H8ClN3O3/c9-6-3-5(1-2-7(6)10)11-8(13)4-12(14)15/h1-3H,4,10H2,(H,11,13). The zero-order chi connectivity index (χ0) is 11.4. The number of benzene rings is 1. The Morgan fingerprint density at radius 1 is 1.60 bits per heavy atom. The number of halogens is 1. The van der Waals surface area contributed by atoms with Gasteiger partial charge in [-0.3, -0.25) is 14.9 Å². The summed E-state index contributed by atoms with van der Waals surface area (Å²) in [6, 6.07) is 4.44. The van der Waals surface area contributed by atoms with E-state index in [1.165, 1.54) is 18.2 Å². The van der Waals surface area contributed by atoms with E-state index < -0.39 is 17.4 Å². The van der Waals surface area contributed by atoms with E-state index in [0.29, 0.717) is 11.4 Å². The largest absolute Gasteiger partial charge is 0.398 e. The molecule has 1 aromatic carbocycles. The van der Waals surface area contributed by atoms with Crippen molar-refractivity contribution in [2.75, 3.05) is 17.6 Å². The highest BCUT2D eigenvalue weighted by molar-refractivity contribution is 6.33. The van der Waals surface area contributed by atoms with Crippen LogP contribution in [-0.4, -0.2) is 17.4 Å². The predicted molar refractivity (Wildman–Crippen MR) is 56.4 cm³/mol. The molecule has 0 atom stereocenters. The normalized spacial score (nSPS) is 9.67. The molecule has 1 amide bonds. The Kier molecular flexibility index (Phi) is 3.46. The molecule has 0 spiro atoms. The summed E-state index contributed by atoms with van der Waals surface area (Å²) in [7, 11) is 0.